The van der Waals surface area contributed by atoms with Gasteiger partial charge in [0.2, 0.25) is 5.82 Å². The Morgan fingerprint density at radius 2 is 1.80 bits per heavy atom. The summed E-state index contributed by atoms with van der Waals surface area (Å²) < 4.78 is 14.2. The van der Waals surface area contributed by atoms with E-state index in [1.807, 2.05) is 22.6 Å². The summed E-state index contributed by atoms with van der Waals surface area (Å²) >= 11 is 2.02. The van der Waals surface area contributed by atoms with Crippen molar-refractivity contribution in [1.29, 1.82) is 0 Å². The normalized spacial score (nSPS) is 10.3. The summed E-state index contributed by atoms with van der Waals surface area (Å²) in [6.07, 6.45) is 0. The molecule has 0 bridgehead atoms. The third kappa shape index (κ3) is 2.09. The fourth-order valence-electron chi connectivity index (χ4n) is 1.09. The van der Waals surface area contributed by atoms with Gasteiger partial charge in [-0.25, -0.2) is 4.39 Å². The van der Waals surface area contributed by atoms with E-state index in [4.69, 9.17) is 0 Å². The molecule has 0 fully saturated rings. The van der Waals surface area contributed by atoms with E-state index in [1.165, 1.54) is 6.07 Å². The fraction of sp³-hybridized carbons (Fsp3) is 0.111. The highest BCUT2D eigenvalue weighted by Gasteiger charge is 2.12. The van der Waals surface area contributed by atoms with Gasteiger partial charge in [-0.2, -0.15) is 0 Å². The van der Waals surface area contributed by atoms with Crippen LogP contribution in [0.1, 0.15) is 5.82 Å². The zero-order valence-corrected chi connectivity index (χ0v) is 9.93. The first-order valence-corrected chi connectivity index (χ1v) is 5.25. The topological polar surface area (TPSA) is 51.6 Å². The number of halogens is 2. The van der Waals surface area contributed by atoms with Crippen molar-refractivity contribution in [2.75, 3.05) is 0 Å². The summed E-state index contributed by atoms with van der Waals surface area (Å²) in [4.78, 5) is 0. The number of hydrogen-bond acceptors (Lipinski definition) is 4. The fourth-order valence-corrected chi connectivity index (χ4v) is 1.80. The van der Waals surface area contributed by atoms with Gasteiger partial charge < -0.3 is 0 Å². The van der Waals surface area contributed by atoms with Gasteiger partial charge in [-0.3, -0.25) is 0 Å². The first-order chi connectivity index (χ1) is 7.18. The molecular weight excluding hydrogens is 310 g/mol. The van der Waals surface area contributed by atoms with E-state index in [-0.39, 0.29) is 11.6 Å². The van der Waals surface area contributed by atoms with Gasteiger partial charge in [-0.1, -0.05) is 6.07 Å². The van der Waals surface area contributed by atoms with Crippen LogP contribution >= 0.6 is 22.6 Å². The quantitative estimate of drug-likeness (QED) is 0.755. The molecule has 0 saturated carbocycles. The molecule has 0 N–H and O–H groups in total. The van der Waals surface area contributed by atoms with Crippen molar-refractivity contribution in [3.63, 3.8) is 0 Å². The van der Waals surface area contributed by atoms with Crippen molar-refractivity contribution in [2.45, 2.75) is 6.92 Å². The lowest BCUT2D eigenvalue weighted by atomic mass is 10.2. The van der Waals surface area contributed by atoms with Crippen molar-refractivity contribution in [3.05, 3.63) is 33.4 Å². The van der Waals surface area contributed by atoms with Crippen LogP contribution in [0.3, 0.4) is 0 Å². The van der Waals surface area contributed by atoms with E-state index in [1.54, 1.807) is 19.1 Å². The first-order valence-electron chi connectivity index (χ1n) is 4.17. The lowest BCUT2D eigenvalue weighted by Crippen LogP contribution is -2.01. The van der Waals surface area contributed by atoms with Crippen LogP contribution in [0, 0.1) is 16.3 Å². The molecular formula is C9H6FIN4. The monoisotopic (exact) mass is 316 g/mol. The molecule has 76 valence electrons. The highest BCUT2D eigenvalue weighted by molar-refractivity contribution is 14.1. The lowest BCUT2D eigenvalue weighted by molar-refractivity contribution is 0.627. The standard InChI is InChI=1S/C9H6FIN4/c1-5-12-14-9(15-13-5)8-6(10)3-2-4-7(8)11/h2-4H,1H3. The SMILES string of the molecule is Cc1nnc(-c2c(F)cccc2I)nn1. The maximum Gasteiger partial charge on any atom is 0.207 e. The van der Waals surface area contributed by atoms with E-state index in [0.29, 0.717) is 11.4 Å². The van der Waals surface area contributed by atoms with Gasteiger partial charge in [0.15, 0.2) is 5.82 Å². The van der Waals surface area contributed by atoms with Gasteiger partial charge >= 0.3 is 0 Å². The van der Waals surface area contributed by atoms with Crippen LogP contribution in [0.15, 0.2) is 18.2 Å². The van der Waals surface area contributed by atoms with Crippen LogP contribution in [-0.2, 0) is 0 Å². The van der Waals surface area contributed by atoms with Crippen molar-refractivity contribution >= 4 is 22.6 Å². The molecule has 0 atom stereocenters. The molecule has 0 saturated heterocycles. The Kier molecular flexibility index (Phi) is 2.85. The number of aryl methyl sites for hydroxylation is 1. The van der Waals surface area contributed by atoms with Gasteiger partial charge in [0.1, 0.15) is 5.82 Å². The molecule has 1 aromatic heterocycles. The summed E-state index contributed by atoms with van der Waals surface area (Å²) in [7, 11) is 0. The number of rotatable bonds is 1. The zero-order chi connectivity index (χ0) is 10.8. The Labute approximate surface area is 99.1 Å². The number of aromatic nitrogens is 4. The van der Waals surface area contributed by atoms with E-state index in [0.717, 1.165) is 3.57 Å². The molecule has 15 heavy (non-hydrogen) atoms. The molecule has 1 heterocycles. The van der Waals surface area contributed by atoms with Crippen LogP contribution in [0.2, 0.25) is 0 Å². The van der Waals surface area contributed by atoms with E-state index in [9.17, 15) is 4.39 Å². The molecule has 1 aromatic carbocycles. The Balaban J connectivity index is 2.58. The number of nitrogens with zero attached hydrogens (tertiary/aromatic N) is 4. The predicted octanol–water partition coefficient (Wildman–Crippen LogP) is 1.99. The maximum atomic E-state index is 13.5. The summed E-state index contributed by atoms with van der Waals surface area (Å²) in [5.74, 6) is 0.308. The Hall–Kier alpha value is -1.18. The lowest BCUT2D eigenvalue weighted by Gasteiger charge is -2.02. The molecule has 0 aliphatic heterocycles. The second-order valence-electron chi connectivity index (χ2n) is 2.87. The third-order valence-corrected chi connectivity index (χ3v) is 2.66. The van der Waals surface area contributed by atoms with Crippen LogP contribution < -0.4 is 0 Å². The van der Waals surface area contributed by atoms with Crippen LogP contribution in [-0.4, -0.2) is 20.4 Å². The average Bonchev–Trinajstić information content (AvgIpc) is 2.20. The van der Waals surface area contributed by atoms with Gasteiger partial charge in [0.25, 0.3) is 0 Å². The number of hydrogen-bond donors (Lipinski definition) is 0. The van der Waals surface area contributed by atoms with Crippen LogP contribution in [0.25, 0.3) is 11.4 Å². The minimum absolute atomic E-state index is 0.211. The summed E-state index contributed by atoms with van der Waals surface area (Å²) in [6, 6.07) is 4.78. The van der Waals surface area contributed by atoms with Crippen molar-refractivity contribution in [3.8, 4) is 11.4 Å². The molecule has 2 aromatic rings. The second kappa shape index (κ2) is 4.13. The van der Waals surface area contributed by atoms with Gasteiger partial charge in [0.05, 0.1) is 5.56 Å². The van der Waals surface area contributed by atoms with Gasteiger partial charge in [0, 0.05) is 3.57 Å². The van der Waals surface area contributed by atoms with E-state index >= 15 is 0 Å². The minimum Gasteiger partial charge on any atom is -0.206 e. The predicted molar refractivity (Wildman–Crippen MR) is 60.5 cm³/mol. The van der Waals surface area contributed by atoms with E-state index < -0.39 is 0 Å². The molecule has 0 aliphatic carbocycles. The molecule has 2 rings (SSSR count). The average molecular weight is 316 g/mol. The number of benzene rings is 1. The summed E-state index contributed by atoms with van der Waals surface area (Å²) in [5.41, 5.74) is 0.345. The highest BCUT2D eigenvalue weighted by atomic mass is 127. The van der Waals surface area contributed by atoms with Crippen LogP contribution in [0.4, 0.5) is 4.39 Å². The van der Waals surface area contributed by atoms with E-state index in [2.05, 4.69) is 20.4 Å². The van der Waals surface area contributed by atoms with Crippen molar-refractivity contribution < 1.29 is 4.39 Å². The first kappa shape index (κ1) is 10.3. The Morgan fingerprint density at radius 3 is 2.40 bits per heavy atom. The second-order valence-corrected chi connectivity index (χ2v) is 4.03. The van der Waals surface area contributed by atoms with Crippen molar-refractivity contribution in [2.24, 2.45) is 0 Å². The molecule has 0 spiro atoms. The maximum absolute atomic E-state index is 13.5. The largest absolute Gasteiger partial charge is 0.207 e. The summed E-state index contributed by atoms with van der Waals surface area (Å²) in [6.45, 7) is 1.68. The molecule has 6 heteroatoms. The highest BCUT2D eigenvalue weighted by Crippen LogP contribution is 2.23. The molecule has 4 nitrogen and oxygen atoms in total. The molecule has 0 aliphatic rings. The third-order valence-electron chi connectivity index (χ3n) is 1.77. The van der Waals surface area contributed by atoms with Gasteiger partial charge in [-0.05, 0) is 41.6 Å². The molecule has 0 unspecified atom stereocenters. The Morgan fingerprint density at radius 1 is 1.13 bits per heavy atom. The molecule has 0 amide bonds. The van der Waals surface area contributed by atoms with Gasteiger partial charge in [-0.15, -0.1) is 20.4 Å². The minimum atomic E-state index is -0.366. The molecule has 0 radical (unpaired) electrons. The van der Waals surface area contributed by atoms with Crippen LogP contribution in [0.5, 0.6) is 0 Å². The smallest absolute Gasteiger partial charge is 0.206 e. The van der Waals surface area contributed by atoms with Crippen molar-refractivity contribution in [1.82, 2.24) is 20.4 Å². The zero-order valence-electron chi connectivity index (χ0n) is 7.78. The summed E-state index contributed by atoms with van der Waals surface area (Å²) in [5, 5.41) is 15.1. The Bertz CT molecular complexity index is 466.